The molecule has 4 aliphatic carbocycles. The Kier molecular flexibility index (Phi) is 7.47. The number of esters is 1. The maximum atomic E-state index is 11.7. The van der Waals surface area contributed by atoms with Crippen molar-refractivity contribution >= 4 is 5.97 Å². The molecule has 35 heavy (non-hydrogen) atoms. The molecule has 0 amide bonds. The number of rotatable bonds is 6. The van der Waals surface area contributed by atoms with E-state index in [1.54, 1.807) is 12.5 Å². The van der Waals surface area contributed by atoms with Crippen molar-refractivity contribution in [2.24, 2.45) is 45.8 Å². The van der Waals surface area contributed by atoms with Crippen molar-refractivity contribution in [1.29, 1.82) is 0 Å². The Labute approximate surface area is 216 Å². The monoisotopic (exact) mass is 482 g/mol. The maximum Gasteiger partial charge on any atom is 0.302 e. The van der Waals surface area contributed by atoms with Gasteiger partial charge in [0.25, 0.3) is 0 Å². The van der Waals surface area contributed by atoms with E-state index in [1.807, 2.05) is 11.1 Å². The minimum absolute atomic E-state index is 0.108. The van der Waals surface area contributed by atoms with Gasteiger partial charge in [0.2, 0.25) is 0 Å². The van der Waals surface area contributed by atoms with Gasteiger partial charge in [0.15, 0.2) is 0 Å². The third-order valence-corrected chi connectivity index (χ3v) is 12.3. The number of allylic oxidation sites excluding steroid dienone is 4. The van der Waals surface area contributed by atoms with E-state index in [4.69, 9.17) is 4.74 Å². The van der Waals surface area contributed by atoms with E-state index in [1.165, 1.54) is 57.8 Å². The van der Waals surface area contributed by atoms with Crippen molar-refractivity contribution in [1.82, 2.24) is 0 Å². The summed E-state index contributed by atoms with van der Waals surface area (Å²) in [4.78, 5) is 11.7. The minimum atomic E-state index is -0.108. The topological polar surface area (TPSA) is 26.3 Å². The molecule has 0 N–H and O–H groups in total. The Bertz CT molecular complexity index is 880. The fraction of sp³-hybridized carbons (Fsp3) is 0.848. The normalized spacial score (nSPS) is 42.4. The van der Waals surface area contributed by atoms with E-state index < -0.39 is 0 Å². The van der Waals surface area contributed by atoms with Gasteiger partial charge in [-0.15, -0.1) is 0 Å². The van der Waals surface area contributed by atoms with Gasteiger partial charge in [-0.1, -0.05) is 71.3 Å². The number of hydrogen-bond donors (Lipinski definition) is 0. The zero-order chi connectivity index (χ0) is 25.8. The molecule has 0 heterocycles. The van der Waals surface area contributed by atoms with Crippen molar-refractivity contribution in [3.63, 3.8) is 0 Å². The Hall–Kier alpha value is -1.05. The van der Waals surface area contributed by atoms with E-state index >= 15 is 0 Å². The number of carbonyl (C=O) groups is 1. The quantitative estimate of drug-likeness (QED) is 0.278. The summed E-state index contributed by atoms with van der Waals surface area (Å²) in [6.07, 6.45) is 15.3. The van der Waals surface area contributed by atoms with Gasteiger partial charge in [-0.25, -0.2) is 0 Å². The summed E-state index contributed by atoms with van der Waals surface area (Å²) >= 11 is 0. The first-order chi connectivity index (χ1) is 16.4. The van der Waals surface area contributed by atoms with Crippen molar-refractivity contribution in [3.05, 3.63) is 22.8 Å². The van der Waals surface area contributed by atoms with E-state index in [0.717, 1.165) is 18.3 Å². The molecule has 0 radical (unpaired) electrons. The standard InChI is InChI=1S/C33H54O2/c1-10-25(21(2)3)12-11-22(4)26-15-19-33(9)29-14-13-27-23(5)30(35-24(6)34)17-18-31(27,7)28(29)16-20-32(26,33)8/h10,21-23,26-27,30H,11-20H2,1-9H3. The van der Waals surface area contributed by atoms with Gasteiger partial charge < -0.3 is 4.74 Å². The molecule has 2 nitrogen and oxygen atoms in total. The van der Waals surface area contributed by atoms with Crippen LogP contribution in [0.25, 0.3) is 0 Å². The van der Waals surface area contributed by atoms with Gasteiger partial charge in [0.1, 0.15) is 6.10 Å². The van der Waals surface area contributed by atoms with Crippen LogP contribution in [0.1, 0.15) is 127 Å². The lowest BCUT2D eigenvalue weighted by Gasteiger charge is -2.60. The molecule has 198 valence electrons. The van der Waals surface area contributed by atoms with Crippen LogP contribution in [0.4, 0.5) is 0 Å². The van der Waals surface area contributed by atoms with Crippen LogP contribution in [0, 0.1) is 45.8 Å². The molecule has 0 aromatic rings. The number of carbonyl (C=O) groups excluding carboxylic acids is 1. The lowest BCUT2D eigenvalue weighted by Crippen LogP contribution is -2.52. The molecule has 2 heteroatoms. The zero-order valence-corrected chi connectivity index (χ0v) is 24.4. The fourth-order valence-corrected chi connectivity index (χ4v) is 9.98. The number of ether oxygens (including phenoxy) is 1. The van der Waals surface area contributed by atoms with Gasteiger partial charge in [-0.05, 0) is 117 Å². The first kappa shape index (κ1) is 27.0. The molecular formula is C33H54O2. The summed E-state index contributed by atoms with van der Waals surface area (Å²) in [6, 6.07) is 0. The van der Waals surface area contributed by atoms with E-state index in [0.29, 0.717) is 34.0 Å². The fourth-order valence-electron chi connectivity index (χ4n) is 9.98. The summed E-state index contributed by atoms with van der Waals surface area (Å²) in [6.45, 7) is 21.3. The predicted molar refractivity (Wildman–Crippen MR) is 147 cm³/mol. The van der Waals surface area contributed by atoms with E-state index in [2.05, 4.69) is 61.5 Å². The number of fused-ring (bicyclic) bond motifs is 4. The first-order valence-corrected chi connectivity index (χ1v) is 14.9. The molecule has 0 aromatic carbocycles. The average molecular weight is 483 g/mol. The van der Waals surface area contributed by atoms with Crippen molar-refractivity contribution < 1.29 is 9.53 Å². The molecule has 0 aliphatic heterocycles. The van der Waals surface area contributed by atoms with Gasteiger partial charge in [-0.2, -0.15) is 0 Å². The predicted octanol–water partition coefficient (Wildman–Crippen LogP) is 9.30. The Balaban J connectivity index is 1.57. The molecule has 0 saturated heterocycles. The van der Waals surface area contributed by atoms with E-state index in [-0.39, 0.29) is 12.1 Å². The van der Waals surface area contributed by atoms with Gasteiger partial charge in [0.05, 0.1) is 0 Å². The highest BCUT2D eigenvalue weighted by molar-refractivity contribution is 5.66. The smallest absolute Gasteiger partial charge is 0.302 e. The summed E-state index contributed by atoms with van der Waals surface area (Å²) in [7, 11) is 0. The third-order valence-electron chi connectivity index (χ3n) is 12.3. The summed E-state index contributed by atoms with van der Waals surface area (Å²) < 4.78 is 5.78. The van der Waals surface area contributed by atoms with Crippen LogP contribution in [-0.2, 0) is 9.53 Å². The van der Waals surface area contributed by atoms with Crippen molar-refractivity contribution in [2.75, 3.05) is 0 Å². The van der Waals surface area contributed by atoms with Crippen LogP contribution in [0.3, 0.4) is 0 Å². The molecule has 2 saturated carbocycles. The highest BCUT2D eigenvalue weighted by Crippen LogP contribution is 2.71. The lowest BCUT2D eigenvalue weighted by atomic mass is 9.45. The summed E-state index contributed by atoms with van der Waals surface area (Å²) in [5, 5.41) is 0. The molecule has 4 rings (SSSR count). The first-order valence-electron chi connectivity index (χ1n) is 14.9. The summed E-state index contributed by atoms with van der Waals surface area (Å²) in [5.41, 5.74) is 6.45. The van der Waals surface area contributed by atoms with E-state index in [9.17, 15) is 4.79 Å². The highest BCUT2D eigenvalue weighted by Gasteiger charge is 2.62. The Morgan fingerprint density at radius 2 is 1.74 bits per heavy atom. The van der Waals surface area contributed by atoms with Crippen LogP contribution in [0.5, 0.6) is 0 Å². The third kappa shape index (κ3) is 4.27. The molecule has 2 fully saturated rings. The second-order valence-electron chi connectivity index (χ2n) is 14.0. The molecule has 0 spiro atoms. The largest absolute Gasteiger partial charge is 0.462 e. The molecule has 4 aliphatic rings. The van der Waals surface area contributed by atoms with Crippen LogP contribution < -0.4 is 0 Å². The van der Waals surface area contributed by atoms with Crippen molar-refractivity contribution in [2.45, 2.75) is 133 Å². The van der Waals surface area contributed by atoms with Crippen LogP contribution in [-0.4, -0.2) is 12.1 Å². The van der Waals surface area contributed by atoms with Crippen LogP contribution >= 0.6 is 0 Å². The van der Waals surface area contributed by atoms with Gasteiger partial charge in [-0.3, -0.25) is 4.79 Å². The molecular weight excluding hydrogens is 428 g/mol. The average Bonchev–Trinajstić information content (AvgIpc) is 3.07. The second-order valence-corrected chi connectivity index (χ2v) is 14.0. The van der Waals surface area contributed by atoms with Gasteiger partial charge in [0, 0.05) is 6.92 Å². The molecule has 8 atom stereocenters. The van der Waals surface area contributed by atoms with Crippen LogP contribution in [0.15, 0.2) is 22.8 Å². The SMILES string of the molecule is CC=C(CCC(C)C1CCC2(C)C3=C(CCC12C)C1(C)CCC(OC(C)=O)C(C)C1CC3)C(C)C. The zero-order valence-electron chi connectivity index (χ0n) is 24.4. The lowest BCUT2D eigenvalue weighted by molar-refractivity contribution is -0.155. The summed E-state index contributed by atoms with van der Waals surface area (Å²) in [5.74, 6) is 3.32. The maximum absolute atomic E-state index is 11.7. The van der Waals surface area contributed by atoms with Crippen molar-refractivity contribution in [3.8, 4) is 0 Å². The van der Waals surface area contributed by atoms with Crippen LogP contribution in [0.2, 0.25) is 0 Å². The molecule has 0 bridgehead atoms. The number of hydrogen-bond acceptors (Lipinski definition) is 2. The minimum Gasteiger partial charge on any atom is -0.462 e. The molecule has 0 aromatic heterocycles. The van der Waals surface area contributed by atoms with Gasteiger partial charge >= 0.3 is 5.97 Å². The Morgan fingerprint density at radius 3 is 2.37 bits per heavy atom. The highest BCUT2D eigenvalue weighted by atomic mass is 16.5. The Morgan fingerprint density at radius 1 is 1.03 bits per heavy atom. The second kappa shape index (κ2) is 9.68. The molecule has 8 unspecified atom stereocenters.